The topological polar surface area (TPSA) is 92.9 Å². The lowest BCUT2D eigenvalue weighted by molar-refractivity contribution is -0.159. The van der Waals surface area contributed by atoms with Gasteiger partial charge in [0, 0.05) is 6.54 Å². The van der Waals surface area contributed by atoms with Gasteiger partial charge in [0.25, 0.3) is 0 Å². The average molecular weight is 244 g/mol. The average Bonchev–Trinajstić information content (AvgIpc) is 2.29. The predicted octanol–water partition coefficient (Wildman–Crippen LogP) is 1.15. The van der Waals surface area contributed by atoms with Crippen LogP contribution in [0, 0.1) is 0 Å². The summed E-state index contributed by atoms with van der Waals surface area (Å²) in [7, 11) is 0. The monoisotopic (exact) mass is 244 g/mol. The molecule has 6 heteroatoms. The van der Waals surface area contributed by atoms with E-state index in [2.05, 4.69) is 0 Å². The molecule has 0 radical (unpaired) electrons. The molecule has 1 unspecified atom stereocenters. The molecule has 0 aromatic carbocycles. The Labute approximate surface area is 101 Å². The maximum atomic E-state index is 11.9. The highest BCUT2D eigenvalue weighted by Crippen LogP contribution is 2.25. The molecular weight excluding hydrogens is 224 g/mol. The molecule has 3 N–H and O–H groups in total. The van der Waals surface area contributed by atoms with Crippen molar-refractivity contribution >= 4 is 12.1 Å². The zero-order valence-electron chi connectivity index (χ0n) is 10.1. The summed E-state index contributed by atoms with van der Waals surface area (Å²) >= 11 is 0. The van der Waals surface area contributed by atoms with Crippen molar-refractivity contribution in [2.24, 2.45) is 5.73 Å². The maximum Gasteiger partial charge on any atom is 0.409 e. The van der Waals surface area contributed by atoms with E-state index in [1.54, 1.807) is 0 Å². The summed E-state index contributed by atoms with van der Waals surface area (Å²) in [6, 6.07) is 0. The Kier molecular flexibility index (Phi) is 4.74. The van der Waals surface area contributed by atoms with Gasteiger partial charge >= 0.3 is 12.1 Å². The highest BCUT2D eigenvalue weighted by atomic mass is 16.5. The molecule has 0 aliphatic carbocycles. The molecule has 1 heterocycles. The summed E-state index contributed by atoms with van der Waals surface area (Å²) < 4.78 is 5.04. The summed E-state index contributed by atoms with van der Waals surface area (Å²) in [5.41, 5.74) is 4.40. The van der Waals surface area contributed by atoms with Gasteiger partial charge in [0.15, 0.2) is 5.66 Å². The molecule has 17 heavy (non-hydrogen) atoms. The van der Waals surface area contributed by atoms with E-state index in [1.165, 1.54) is 0 Å². The number of nitrogens with two attached hydrogens (primary N) is 1. The minimum absolute atomic E-state index is 0.286. The number of carboxylic acid groups (broad SMARTS) is 1. The van der Waals surface area contributed by atoms with Crippen LogP contribution in [-0.4, -0.2) is 40.9 Å². The molecule has 0 bridgehead atoms. The number of carbonyl (C=O) groups is 2. The van der Waals surface area contributed by atoms with Gasteiger partial charge < -0.3 is 9.84 Å². The first-order valence-corrected chi connectivity index (χ1v) is 5.99. The third-order valence-electron chi connectivity index (χ3n) is 2.99. The number of unbranched alkanes of at least 4 members (excludes halogenated alkanes) is 1. The van der Waals surface area contributed by atoms with Crippen LogP contribution in [0.25, 0.3) is 0 Å². The molecule has 0 saturated carbocycles. The minimum Gasteiger partial charge on any atom is -0.465 e. The van der Waals surface area contributed by atoms with Gasteiger partial charge in [-0.25, -0.2) is 9.59 Å². The van der Waals surface area contributed by atoms with Gasteiger partial charge in [-0.1, -0.05) is 13.3 Å². The molecule has 98 valence electrons. The van der Waals surface area contributed by atoms with E-state index in [0.29, 0.717) is 13.0 Å². The van der Waals surface area contributed by atoms with E-state index >= 15 is 0 Å². The molecule has 1 aliphatic heterocycles. The van der Waals surface area contributed by atoms with Crippen LogP contribution in [0.3, 0.4) is 0 Å². The number of carbonyl (C=O) groups excluding carboxylic acids is 1. The van der Waals surface area contributed by atoms with E-state index in [-0.39, 0.29) is 6.54 Å². The molecule has 1 aliphatic rings. The first kappa shape index (κ1) is 13.8. The quantitative estimate of drug-likeness (QED) is 0.571. The van der Waals surface area contributed by atoms with E-state index in [4.69, 9.17) is 15.6 Å². The second kappa shape index (κ2) is 5.86. The Bertz CT molecular complexity index is 295. The fourth-order valence-electron chi connectivity index (χ4n) is 1.91. The Balaban J connectivity index is 2.67. The Morgan fingerprint density at radius 1 is 1.47 bits per heavy atom. The van der Waals surface area contributed by atoms with Crippen LogP contribution < -0.4 is 5.73 Å². The number of nitrogens with zero attached hydrogens (tertiary/aromatic N) is 1. The molecule has 0 aromatic rings. The summed E-state index contributed by atoms with van der Waals surface area (Å²) in [4.78, 5) is 23.9. The van der Waals surface area contributed by atoms with Crippen LogP contribution in [0.2, 0.25) is 0 Å². The highest BCUT2D eigenvalue weighted by molar-refractivity contribution is 5.84. The lowest BCUT2D eigenvalue weighted by Crippen LogP contribution is -2.65. The second-order valence-electron chi connectivity index (χ2n) is 4.31. The molecule has 1 atom stereocenters. The predicted molar refractivity (Wildman–Crippen MR) is 61.4 cm³/mol. The van der Waals surface area contributed by atoms with Crippen LogP contribution in [0.15, 0.2) is 0 Å². The van der Waals surface area contributed by atoms with Crippen LogP contribution in [-0.2, 0) is 9.53 Å². The van der Waals surface area contributed by atoms with E-state index < -0.39 is 17.7 Å². The van der Waals surface area contributed by atoms with E-state index in [9.17, 15) is 9.59 Å². The number of piperidine rings is 1. The van der Waals surface area contributed by atoms with E-state index in [1.807, 2.05) is 6.92 Å². The fourth-order valence-corrected chi connectivity index (χ4v) is 1.91. The highest BCUT2D eigenvalue weighted by Gasteiger charge is 2.46. The summed E-state index contributed by atoms with van der Waals surface area (Å²) in [5.74, 6) is -0.631. The van der Waals surface area contributed by atoms with Gasteiger partial charge in [-0.15, -0.1) is 0 Å². The fraction of sp³-hybridized carbons (Fsp3) is 0.818. The molecular formula is C11H20N2O4. The van der Waals surface area contributed by atoms with Crippen LogP contribution in [0.4, 0.5) is 4.79 Å². The Hall–Kier alpha value is -1.30. The zero-order valence-corrected chi connectivity index (χ0v) is 10.1. The molecule has 6 nitrogen and oxygen atoms in total. The Morgan fingerprint density at radius 3 is 2.76 bits per heavy atom. The second-order valence-corrected chi connectivity index (χ2v) is 4.31. The van der Waals surface area contributed by atoms with Crippen molar-refractivity contribution in [2.45, 2.75) is 44.7 Å². The van der Waals surface area contributed by atoms with Gasteiger partial charge in [-0.05, 0) is 25.7 Å². The summed E-state index contributed by atoms with van der Waals surface area (Å²) in [5, 5.41) is 9.03. The van der Waals surface area contributed by atoms with Crippen LogP contribution >= 0.6 is 0 Å². The third-order valence-corrected chi connectivity index (χ3v) is 2.99. The molecule has 0 aromatic heterocycles. The largest absolute Gasteiger partial charge is 0.465 e. The van der Waals surface area contributed by atoms with Crippen molar-refractivity contribution in [2.75, 3.05) is 13.2 Å². The summed E-state index contributed by atoms with van der Waals surface area (Å²) in [6.45, 7) is 2.56. The third kappa shape index (κ3) is 3.09. The van der Waals surface area contributed by atoms with Gasteiger partial charge in [0.05, 0.1) is 6.61 Å². The number of rotatable bonds is 4. The maximum absolute atomic E-state index is 11.9. The SMILES string of the molecule is CCCCOC(=O)C1(N)CCCCN1C(=O)O. The molecule has 1 fully saturated rings. The van der Waals surface area contributed by atoms with Gasteiger partial charge in [0.1, 0.15) is 0 Å². The number of likely N-dealkylation sites (tertiary alicyclic amines) is 1. The minimum atomic E-state index is -1.50. The molecule has 1 saturated heterocycles. The number of amides is 1. The van der Waals surface area contributed by atoms with Crippen molar-refractivity contribution in [1.29, 1.82) is 0 Å². The molecule has 0 spiro atoms. The normalized spacial score (nSPS) is 24.5. The van der Waals surface area contributed by atoms with Crippen molar-refractivity contribution < 1.29 is 19.4 Å². The van der Waals surface area contributed by atoms with Gasteiger partial charge in [-0.3, -0.25) is 10.6 Å². The lowest BCUT2D eigenvalue weighted by atomic mass is 9.96. The van der Waals surface area contributed by atoms with E-state index in [0.717, 1.165) is 30.6 Å². The first-order chi connectivity index (χ1) is 8.02. The molecule has 1 amide bonds. The smallest absolute Gasteiger partial charge is 0.409 e. The van der Waals surface area contributed by atoms with Crippen LogP contribution in [0.1, 0.15) is 39.0 Å². The van der Waals surface area contributed by atoms with Gasteiger partial charge in [-0.2, -0.15) is 0 Å². The summed E-state index contributed by atoms with van der Waals surface area (Å²) in [6.07, 6.45) is 2.29. The number of esters is 1. The van der Waals surface area contributed by atoms with Crippen molar-refractivity contribution in [3.8, 4) is 0 Å². The van der Waals surface area contributed by atoms with Crippen LogP contribution in [0.5, 0.6) is 0 Å². The lowest BCUT2D eigenvalue weighted by Gasteiger charge is -2.40. The molecule has 1 rings (SSSR count). The van der Waals surface area contributed by atoms with Crippen molar-refractivity contribution in [3.05, 3.63) is 0 Å². The van der Waals surface area contributed by atoms with Crippen molar-refractivity contribution in [3.63, 3.8) is 0 Å². The Morgan fingerprint density at radius 2 is 2.18 bits per heavy atom. The number of hydrogen-bond donors (Lipinski definition) is 2. The number of hydrogen-bond acceptors (Lipinski definition) is 4. The van der Waals surface area contributed by atoms with Gasteiger partial charge in [0.2, 0.25) is 0 Å². The standard InChI is InChI=1S/C11H20N2O4/c1-2-3-8-17-9(14)11(12)6-4-5-7-13(11)10(15)16/h2-8,12H2,1H3,(H,15,16). The zero-order chi connectivity index (χ0) is 12.9. The van der Waals surface area contributed by atoms with Crippen molar-refractivity contribution in [1.82, 2.24) is 4.90 Å². The first-order valence-electron chi connectivity index (χ1n) is 5.99. The number of ether oxygens (including phenoxy) is 1.